The molecule has 2 aliphatic rings. The zero-order valence-electron chi connectivity index (χ0n) is 34.1. The van der Waals surface area contributed by atoms with E-state index in [-0.39, 0.29) is 36.3 Å². The molecule has 0 N–H and O–H groups in total. The molecule has 1 aromatic carbocycles. The molecule has 1 saturated heterocycles. The first kappa shape index (κ1) is 44.2. The summed E-state index contributed by atoms with van der Waals surface area (Å²) in [6, 6.07) is 8.23. The number of likely N-dealkylation sites (N-methyl/N-ethyl adjacent to an activating group) is 1. The molecule has 4 rings (SSSR count). The molecule has 1 fully saturated rings. The summed E-state index contributed by atoms with van der Waals surface area (Å²) in [4.78, 5) is 75.2. The van der Waals surface area contributed by atoms with Gasteiger partial charge in [0.25, 0.3) is 0 Å². The van der Waals surface area contributed by atoms with E-state index in [4.69, 9.17) is 28.4 Å². The number of imidazole rings is 1. The van der Waals surface area contributed by atoms with Gasteiger partial charge in [0, 0.05) is 31.3 Å². The highest BCUT2D eigenvalue weighted by molar-refractivity contribution is 6.00. The van der Waals surface area contributed by atoms with Crippen molar-refractivity contribution in [1.82, 2.24) is 14.5 Å². The van der Waals surface area contributed by atoms with Crippen LogP contribution in [-0.2, 0) is 42.8 Å². The summed E-state index contributed by atoms with van der Waals surface area (Å²) < 4.78 is 38.5. The number of cyclic esters (lactones) is 1. The van der Waals surface area contributed by atoms with Gasteiger partial charge >= 0.3 is 18.0 Å². The maximum Gasteiger partial charge on any atom is 0.420 e. The molecule has 3 heterocycles. The molecule has 0 aliphatic carbocycles. The highest BCUT2D eigenvalue weighted by Gasteiger charge is 2.51. The topological polar surface area (TPSA) is 162 Å². The Hall–Kier alpha value is -4.50. The van der Waals surface area contributed by atoms with Crippen molar-refractivity contribution in [2.45, 2.75) is 116 Å². The number of nitrogens with zero attached hydrogens (tertiary/aromatic N) is 3. The van der Waals surface area contributed by atoms with Crippen LogP contribution >= 0.6 is 0 Å². The zero-order chi connectivity index (χ0) is 41.5. The molecule has 306 valence electrons. The van der Waals surface area contributed by atoms with E-state index in [1.807, 2.05) is 25.9 Å². The molecule has 0 saturated carbocycles. The summed E-state index contributed by atoms with van der Waals surface area (Å²) in [7, 11) is 5.20. The van der Waals surface area contributed by atoms with E-state index < -0.39 is 77.4 Å². The standard InChI is InChI=1S/C42H57N3O11/c1-12-32-42(13-2,56-40(50)45-20-19-43-24-45)23-26(4)33(46)25(3)22-41(8,51-11)36(28(6)34(47)29(7)37(48)53-32)55-39-35(31(44(9)10)21-27(5)52-39)54-38(49)30-17-15-14-16-18-30/h13-20,23-25,27-29,31-32,35-36,39H,2,12,21-22H2,1,3-11H3/b26-23+/t25-,27-,28+,29-,31+,32-,35-,36-,39?,41-,42+/m1/s1. The van der Waals surface area contributed by atoms with E-state index in [1.165, 1.54) is 44.9 Å². The Labute approximate surface area is 329 Å². The number of esters is 2. The number of ether oxygens (including phenoxy) is 6. The summed E-state index contributed by atoms with van der Waals surface area (Å²) in [6.07, 6.45) is 1.86. The maximum atomic E-state index is 14.5. The molecule has 56 heavy (non-hydrogen) atoms. The van der Waals surface area contributed by atoms with Crippen molar-refractivity contribution >= 4 is 29.6 Å². The molecular formula is C42H57N3O11. The maximum absolute atomic E-state index is 14.5. The predicted octanol–water partition coefficient (Wildman–Crippen LogP) is 5.59. The molecule has 0 radical (unpaired) electrons. The van der Waals surface area contributed by atoms with Crippen LogP contribution in [0.2, 0.25) is 0 Å². The largest absolute Gasteiger partial charge is 0.457 e. The number of allylic oxidation sites excluding steroid dienone is 1. The molecule has 1 unspecified atom stereocenters. The normalized spacial score (nSPS) is 34.4. The number of ketones is 2. The van der Waals surface area contributed by atoms with Gasteiger partial charge in [0.1, 0.15) is 18.3 Å². The molecular weight excluding hydrogens is 722 g/mol. The number of hydrogen-bond acceptors (Lipinski definition) is 13. The van der Waals surface area contributed by atoms with Crippen molar-refractivity contribution in [2.75, 3.05) is 21.2 Å². The smallest absolute Gasteiger partial charge is 0.420 e. The fraction of sp³-hybridized carbons (Fsp3) is 0.571. The van der Waals surface area contributed by atoms with E-state index in [0.29, 0.717) is 12.0 Å². The fourth-order valence-electron chi connectivity index (χ4n) is 7.67. The van der Waals surface area contributed by atoms with Crippen LogP contribution in [0, 0.1) is 17.8 Å². The lowest BCUT2D eigenvalue weighted by Gasteiger charge is -2.47. The number of Topliss-reactive ketones (excluding diaryl/α,β-unsaturated/α-hetero) is 2. The van der Waals surface area contributed by atoms with Gasteiger partial charge in [-0.1, -0.05) is 45.5 Å². The second-order valence-electron chi connectivity index (χ2n) is 15.3. The Morgan fingerprint density at radius 3 is 2.36 bits per heavy atom. The quantitative estimate of drug-likeness (QED) is 0.134. The molecule has 2 aromatic rings. The van der Waals surface area contributed by atoms with Crippen LogP contribution < -0.4 is 0 Å². The summed E-state index contributed by atoms with van der Waals surface area (Å²) in [5, 5.41) is 0. The minimum Gasteiger partial charge on any atom is -0.457 e. The minimum atomic E-state index is -1.80. The molecule has 0 spiro atoms. The summed E-state index contributed by atoms with van der Waals surface area (Å²) in [5.74, 6) is -5.42. The van der Waals surface area contributed by atoms with Crippen molar-refractivity contribution in [3.8, 4) is 0 Å². The fourth-order valence-corrected chi connectivity index (χ4v) is 7.67. The summed E-state index contributed by atoms with van der Waals surface area (Å²) >= 11 is 0. The second-order valence-corrected chi connectivity index (χ2v) is 15.3. The highest BCUT2D eigenvalue weighted by atomic mass is 16.7. The van der Waals surface area contributed by atoms with Gasteiger partial charge in [0.05, 0.1) is 29.4 Å². The number of methoxy groups -OCH3 is 1. The number of carbonyl (C=O) groups excluding carboxylic acids is 5. The van der Waals surface area contributed by atoms with Gasteiger partial charge in [-0.3, -0.25) is 14.4 Å². The minimum absolute atomic E-state index is 0.0512. The summed E-state index contributed by atoms with van der Waals surface area (Å²) in [6.45, 7) is 15.6. The van der Waals surface area contributed by atoms with Gasteiger partial charge in [0.2, 0.25) is 0 Å². The van der Waals surface area contributed by atoms with Crippen LogP contribution in [0.1, 0.15) is 78.1 Å². The summed E-state index contributed by atoms with van der Waals surface area (Å²) in [5.41, 5.74) is -2.60. The molecule has 0 bridgehead atoms. The Kier molecular flexibility index (Phi) is 14.7. The number of carbonyl (C=O) groups is 5. The molecule has 0 amide bonds. The number of hydrogen-bond donors (Lipinski definition) is 0. The highest BCUT2D eigenvalue weighted by Crippen LogP contribution is 2.38. The first-order chi connectivity index (χ1) is 26.4. The zero-order valence-corrected chi connectivity index (χ0v) is 34.1. The molecule has 14 nitrogen and oxygen atoms in total. The third-order valence-corrected chi connectivity index (χ3v) is 11.0. The first-order valence-corrected chi connectivity index (χ1v) is 19.0. The van der Waals surface area contributed by atoms with Crippen molar-refractivity contribution in [3.05, 3.63) is 78.9 Å². The predicted molar refractivity (Wildman–Crippen MR) is 205 cm³/mol. The van der Waals surface area contributed by atoms with Crippen LogP contribution in [-0.4, -0.2) is 113 Å². The average Bonchev–Trinajstić information content (AvgIpc) is 3.73. The van der Waals surface area contributed by atoms with Crippen LogP contribution in [0.25, 0.3) is 0 Å². The third kappa shape index (κ3) is 9.71. The van der Waals surface area contributed by atoms with Gasteiger partial charge in [-0.05, 0) is 90.9 Å². The monoisotopic (exact) mass is 779 g/mol. The first-order valence-electron chi connectivity index (χ1n) is 19.0. The Bertz CT molecular complexity index is 1740. The van der Waals surface area contributed by atoms with Crippen LogP contribution in [0.4, 0.5) is 4.79 Å². The van der Waals surface area contributed by atoms with Crippen LogP contribution in [0.15, 0.2) is 73.4 Å². The van der Waals surface area contributed by atoms with Crippen molar-refractivity contribution in [1.29, 1.82) is 0 Å². The van der Waals surface area contributed by atoms with Crippen molar-refractivity contribution in [2.24, 2.45) is 17.8 Å². The lowest BCUT2D eigenvalue weighted by atomic mass is 9.76. The number of rotatable bonds is 9. The van der Waals surface area contributed by atoms with Gasteiger partial charge in [-0.25, -0.2) is 19.1 Å². The lowest BCUT2D eigenvalue weighted by Crippen LogP contribution is -2.60. The van der Waals surface area contributed by atoms with Gasteiger partial charge < -0.3 is 33.3 Å². The second kappa shape index (κ2) is 18.6. The number of aromatic nitrogens is 2. The van der Waals surface area contributed by atoms with E-state index in [2.05, 4.69) is 11.6 Å². The Morgan fingerprint density at radius 1 is 1.11 bits per heavy atom. The van der Waals surface area contributed by atoms with Gasteiger partial charge in [-0.15, -0.1) is 0 Å². The molecule has 1 aromatic heterocycles. The van der Waals surface area contributed by atoms with Crippen LogP contribution in [0.3, 0.4) is 0 Å². The SMILES string of the molecule is C=C[C@]1(OC(=O)n2ccnc2)/C=C(\C)C(=O)[C@H](C)C[C@@](C)(OC)[C@H](OC2O[C@H](C)C[C@H](N(C)C)[C@H]2OC(=O)c2ccccc2)[C@@H](C)C(=O)[C@@H](C)C(=O)O[C@@H]1CC. The molecule has 14 heteroatoms. The Balaban J connectivity index is 1.80. The van der Waals surface area contributed by atoms with E-state index in [0.717, 1.165) is 4.57 Å². The lowest BCUT2D eigenvalue weighted by molar-refractivity contribution is -0.294. The van der Waals surface area contributed by atoms with E-state index in [9.17, 15) is 24.0 Å². The van der Waals surface area contributed by atoms with Crippen molar-refractivity contribution < 1.29 is 52.4 Å². The van der Waals surface area contributed by atoms with Gasteiger partial charge in [-0.2, -0.15) is 0 Å². The molecule has 11 atom stereocenters. The van der Waals surface area contributed by atoms with Crippen LogP contribution in [0.5, 0.6) is 0 Å². The van der Waals surface area contributed by atoms with Crippen molar-refractivity contribution in [3.63, 3.8) is 0 Å². The van der Waals surface area contributed by atoms with E-state index in [1.54, 1.807) is 65.0 Å². The third-order valence-electron chi connectivity index (χ3n) is 11.0. The number of benzene rings is 1. The Morgan fingerprint density at radius 2 is 1.79 bits per heavy atom. The van der Waals surface area contributed by atoms with Gasteiger partial charge in [0.15, 0.2) is 29.6 Å². The average molecular weight is 780 g/mol. The molecule has 2 aliphatic heterocycles. The van der Waals surface area contributed by atoms with E-state index >= 15 is 0 Å².